The van der Waals surface area contributed by atoms with E-state index >= 15 is 0 Å². The fraction of sp³-hybridized carbons (Fsp3) is 0.810. The molecule has 2 rings (SSSR count). The standard InChI is InChI=1S/C21H37N/c1-6-11-18-13-14-20(19(18)12-7-2)21(17(3)22(4)5)15-9-8-10-16-21/h14,17H,6-13,15-16H2,1-5H3. The summed E-state index contributed by atoms with van der Waals surface area (Å²) >= 11 is 0. The Bertz CT molecular complexity index is 421. The van der Waals surface area contributed by atoms with Crippen molar-refractivity contribution >= 4 is 0 Å². The van der Waals surface area contributed by atoms with Gasteiger partial charge in [0.05, 0.1) is 0 Å². The van der Waals surface area contributed by atoms with E-state index in [0.717, 1.165) is 0 Å². The number of hydrogen-bond donors (Lipinski definition) is 0. The van der Waals surface area contributed by atoms with Crippen molar-refractivity contribution in [3.63, 3.8) is 0 Å². The van der Waals surface area contributed by atoms with Crippen LogP contribution in [0.2, 0.25) is 0 Å². The van der Waals surface area contributed by atoms with Crippen molar-refractivity contribution in [2.45, 2.75) is 91.0 Å². The van der Waals surface area contributed by atoms with E-state index in [4.69, 9.17) is 0 Å². The third-order valence-electron chi connectivity index (χ3n) is 6.21. The van der Waals surface area contributed by atoms with Crippen LogP contribution in [0.3, 0.4) is 0 Å². The third-order valence-corrected chi connectivity index (χ3v) is 6.21. The highest BCUT2D eigenvalue weighted by molar-refractivity contribution is 5.47. The second-order valence-corrected chi connectivity index (χ2v) is 7.76. The first-order valence-electron chi connectivity index (χ1n) is 9.65. The molecule has 0 amide bonds. The lowest BCUT2D eigenvalue weighted by Crippen LogP contribution is -2.45. The van der Waals surface area contributed by atoms with E-state index in [1.165, 1.54) is 64.2 Å². The van der Waals surface area contributed by atoms with Crippen LogP contribution in [0.4, 0.5) is 0 Å². The molecule has 0 radical (unpaired) electrons. The molecule has 0 aromatic heterocycles. The highest BCUT2D eigenvalue weighted by atomic mass is 15.1. The summed E-state index contributed by atoms with van der Waals surface area (Å²) in [5.74, 6) is 0. The highest BCUT2D eigenvalue weighted by Gasteiger charge is 2.43. The van der Waals surface area contributed by atoms with Gasteiger partial charge in [0.2, 0.25) is 0 Å². The molecule has 0 saturated heterocycles. The quantitative estimate of drug-likeness (QED) is 0.548. The monoisotopic (exact) mass is 303 g/mol. The Kier molecular flexibility index (Phi) is 6.32. The molecule has 1 saturated carbocycles. The predicted molar refractivity (Wildman–Crippen MR) is 98.2 cm³/mol. The van der Waals surface area contributed by atoms with Gasteiger partial charge >= 0.3 is 0 Å². The molecule has 1 heteroatoms. The fourth-order valence-electron chi connectivity index (χ4n) is 4.87. The molecule has 1 unspecified atom stereocenters. The first-order valence-corrected chi connectivity index (χ1v) is 9.65. The predicted octanol–water partition coefficient (Wildman–Crippen LogP) is 6.11. The molecule has 126 valence electrons. The van der Waals surface area contributed by atoms with E-state index in [2.05, 4.69) is 45.8 Å². The van der Waals surface area contributed by atoms with Crippen LogP contribution in [0.15, 0.2) is 22.8 Å². The molecule has 0 heterocycles. The second kappa shape index (κ2) is 7.81. The molecule has 2 aliphatic rings. The SMILES string of the molecule is CCCC1=C(CCC)C(C2(C(C)N(C)C)CCCCC2)=CC1. The van der Waals surface area contributed by atoms with Gasteiger partial charge in [-0.25, -0.2) is 0 Å². The Hall–Kier alpha value is -0.560. The summed E-state index contributed by atoms with van der Waals surface area (Å²) < 4.78 is 0. The van der Waals surface area contributed by atoms with Crippen LogP contribution < -0.4 is 0 Å². The van der Waals surface area contributed by atoms with Gasteiger partial charge < -0.3 is 4.90 Å². The van der Waals surface area contributed by atoms with E-state index in [9.17, 15) is 0 Å². The van der Waals surface area contributed by atoms with E-state index < -0.39 is 0 Å². The van der Waals surface area contributed by atoms with Crippen molar-refractivity contribution in [3.05, 3.63) is 22.8 Å². The van der Waals surface area contributed by atoms with E-state index in [1.807, 2.05) is 0 Å². The molecular weight excluding hydrogens is 266 g/mol. The van der Waals surface area contributed by atoms with Gasteiger partial charge in [-0.3, -0.25) is 0 Å². The summed E-state index contributed by atoms with van der Waals surface area (Å²) in [6.45, 7) is 7.14. The Morgan fingerprint density at radius 3 is 2.23 bits per heavy atom. The van der Waals surface area contributed by atoms with Crippen LogP contribution in [0.25, 0.3) is 0 Å². The molecule has 0 aromatic carbocycles. The Labute approximate surface area is 138 Å². The molecule has 1 atom stereocenters. The van der Waals surface area contributed by atoms with Crippen molar-refractivity contribution < 1.29 is 0 Å². The number of allylic oxidation sites excluding steroid dienone is 3. The summed E-state index contributed by atoms with van der Waals surface area (Å²) in [5, 5.41) is 0. The lowest BCUT2D eigenvalue weighted by Gasteiger charge is -2.47. The second-order valence-electron chi connectivity index (χ2n) is 7.76. The van der Waals surface area contributed by atoms with Crippen LogP contribution in [-0.2, 0) is 0 Å². The van der Waals surface area contributed by atoms with Gasteiger partial charge in [-0.05, 0) is 64.3 Å². The lowest BCUT2D eigenvalue weighted by molar-refractivity contribution is 0.107. The van der Waals surface area contributed by atoms with Gasteiger partial charge in [0.15, 0.2) is 0 Å². The van der Waals surface area contributed by atoms with Gasteiger partial charge in [-0.1, -0.05) is 57.6 Å². The van der Waals surface area contributed by atoms with E-state index in [-0.39, 0.29) is 0 Å². The van der Waals surface area contributed by atoms with E-state index in [0.29, 0.717) is 11.5 Å². The van der Waals surface area contributed by atoms with Crippen LogP contribution in [0, 0.1) is 5.41 Å². The van der Waals surface area contributed by atoms with Gasteiger partial charge in [-0.2, -0.15) is 0 Å². The zero-order valence-corrected chi connectivity index (χ0v) is 15.7. The third kappa shape index (κ3) is 3.35. The Morgan fingerprint density at radius 2 is 1.68 bits per heavy atom. The summed E-state index contributed by atoms with van der Waals surface area (Å²) in [5.41, 5.74) is 5.70. The molecule has 0 N–H and O–H groups in total. The average molecular weight is 304 g/mol. The highest BCUT2D eigenvalue weighted by Crippen LogP contribution is 2.52. The van der Waals surface area contributed by atoms with Crippen molar-refractivity contribution in [2.24, 2.45) is 5.41 Å². The molecule has 1 nitrogen and oxygen atoms in total. The number of rotatable bonds is 7. The Balaban J connectivity index is 2.38. The van der Waals surface area contributed by atoms with Gasteiger partial charge in [-0.15, -0.1) is 0 Å². The summed E-state index contributed by atoms with van der Waals surface area (Å²) in [6, 6.07) is 0.645. The first kappa shape index (κ1) is 17.8. The largest absolute Gasteiger partial charge is 0.306 e. The summed E-state index contributed by atoms with van der Waals surface area (Å²) in [6.07, 6.45) is 16.1. The fourth-order valence-corrected chi connectivity index (χ4v) is 4.87. The van der Waals surface area contributed by atoms with Crippen LogP contribution in [0.1, 0.15) is 85.0 Å². The molecule has 0 aromatic rings. The molecule has 22 heavy (non-hydrogen) atoms. The van der Waals surface area contributed by atoms with Crippen molar-refractivity contribution in [1.29, 1.82) is 0 Å². The molecule has 0 bridgehead atoms. The molecule has 2 aliphatic carbocycles. The molecule has 1 fully saturated rings. The van der Waals surface area contributed by atoms with Crippen molar-refractivity contribution in [3.8, 4) is 0 Å². The molecule has 0 spiro atoms. The maximum Gasteiger partial charge on any atom is 0.0158 e. The average Bonchev–Trinajstić information content (AvgIpc) is 2.91. The smallest absolute Gasteiger partial charge is 0.0158 e. The number of nitrogens with zero attached hydrogens (tertiary/aromatic N) is 1. The normalized spacial score (nSPS) is 23.1. The minimum absolute atomic E-state index is 0.418. The minimum atomic E-state index is 0.418. The van der Waals surface area contributed by atoms with Gasteiger partial charge in [0, 0.05) is 11.5 Å². The maximum absolute atomic E-state index is 2.63. The van der Waals surface area contributed by atoms with Gasteiger partial charge in [0.25, 0.3) is 0 Å². The van der Waals surface area contributed by atoms with Crippen LogP contribution >= 0.6 is 0 Å². The summed E-state index contributed by atoms with van der Waals surface area (Å²) in [4.78, 5) is 2.47. The topological polar surface area (TPSA) is 3.24 Å². The maximum atomic E-state index is 2.63. The van der Waals surface area contributed by atoms with Gasteiger partial charge in [0.1, 0.15) is 0 Å². The van der Waals surface area contributed by atoms with Crippen molar-refractivity contribution in [1.82, 2.24) is 4.90 Å². The lowest BCUT2D eigenvalue weighted by atomic mass is 9.62. The molecular formula is C21H37N. The Morgan fingerprint density at radius 1 is 1.05 bits per heavy atom. The zero-order valence-electron chi connectivity index (χ0n) is 15.7. The first-order chi connectivity index (χ1) is 10.6. The van der Waals surface area contributed by atoms with Crippen LogP contribution in [0.5, 0.6) is 0 Å². The molecule has 0 aliphatic heterocycles. The summed E-state index contributed by atoms with van der Waals surface area (Å²) in [7, 11) is 4.54. The number of hydrogen-bond acceptors (Lipinski definition) is 1. The zero-order chi connectivity index (χ0) is 16.2. The van der Waals surface area contributed by atoms with Crippen LogP contribution in [-0.4, -0.2) is 25.0 Å². The van der Waals surface area contributed by atoms with E-state index in [1.54, 1.807) is 16.7 Å². The minimum Gasteiger partial charge on any atom is -0.306 e. The van der Waals surface area contributed by atoms with Crippen molar-refractivity contribution in [2.75, 3.05) is 14.1 Å².